The SMILES string of the molecule is Cc1ccnn1-c1nncn1C. The predicted molar refractivity (Wildman–Crippen MR) is 42.9 cm³/mol. The van der Waals surface area contributed by atoms with E-state index in [-0.39, 0.29) is 0 Å². The molecule has 62 valence electrons. The zero-order chi connectivity index (χ0) is 8.55. The van der Waals surface area contributed by atoms with Crippen molar-refractivity contribution < 1.29 is 0 Å². The third-order valence-corrected chi connectivity index (χ3v) is 1.71. The highest BCUT2D eigenvalue weighted by atomic mass is 15.4. The molecule has 5 heteroatoms. The second-order valence-electron chi connectivity index (χ2n) is 2.63. The highest BCUT2D eigenvalue weighted by Crippen LogP contribution is 2.03. The minimum atomic E-state index is 0.734. The molecule has 0 aliphatic heterocycles. The minimum absolute atomic E-state index is 0.734. The quantitative estimate of drug-likeness (QED) is 0.607. The van der Waals surface area contributed by atoms with Gasteiger partial charge in [-0.05, 0) is 13.0 Å². The van der Waals surface area contributed by atoms with Crippen LogP contribution in [0.15, 0.2) is 18.6 Å². The number of hydrogen-bond acceptors (Lipinski definition) is 3. The Hall–Kier alpha value is -1.65. The molecule has 0 atom stereocenters. The summed E-state index contributed by atoms with van der Waals surface area (Å²) in [5, 5.41) is 11.8. The molecule has 0 saturated heterocycles. The maximum Gasteiger partial charge on any atom is 0.251 e. The van der Waals surface area contributed by atoms with Crippen LogP contribution < -0.4 is 0 Å². The molecule has 0 bridgehead atoms. The maximum absolute atomic E-state index is 4.11. The Balaban J connectivity index is 2.57. The first-order valence-electron chi connectivity index (χ1n) is 3.64. The standard InChI is InChI=1S/C7H9N5/c1-6-3-4-9-12(6)7-10-8-5-11(7)2/h3-5H,1-2H3. The van der Waals surface area contributed by atoms with E-state index in [1.807, 2.05) is 24.6 Å². The van der Waals surface area contributed by atoms with E-state index >= 15 is 0 Å². The summed E-state index contributed by atoms with van der Waals surface area (Å²) in [5.74, 6) is 0.734. The smallest absolute Gasteiger partial charge is 0.251 e. The molecule has 0 aromatic carbocycles. The highest BCUT2D eigenvalue weighted by molar-refractivity contribution is 5.13. The fourth-order valence-corrected chi connectivity index (χ4v) is 1.05. The molecule has 2 rings (SSSR count). The van der Waals surface area contributed by atoms with Crippen LogP contribution in [-0.2, 0) is 7.05 Å². The van der Waals surface area contributed by atoms with Crippen molar-refractivity contribution >= 4 is 0 Å². The molecule has 0 spiro atoms. The van der Waals surface area contributed by atoms with Gasteiger partial charge >= 0.3 is 0 Å². The Morgan fingerprint density at radius 3 is 2.75 bits per heavy atom. The van der Waals surface area contributed by atoms with Crippen LogP contribution in [0, 0.1) is 6.92 Å². The van der Waals surface area contributed by atoms with Crippen molar-refractivity contribution in [1.29, 1.82) is 0 Å². The summed E-state index contributed by atoms with van der Waals surface area (Å²) in [5.41, 5.74) is 1.05. The highest BCUT2D eigenvalue weighted by Gasteiger charge is 2.05. The van der Waals surface area contributed by atoms with Crippen LogP contribution in [0.5, 0.6) is 0 Å². The molecule has 5 nitrogen and oxygen atoms in total. The average molecular weight is 163 g/mol. The van der Waals surface area contributed by atoms with Gasteiger partial charge in [-0.15, -0.1) is 10.2 Å². The monoisotopic (exact) mass is 163 g/mol. The summed E-state index contributed by atoms with van der Waals surface area (Å²) in [7, 11) is 1.89. The van der Waals surface area contributed by atoms with Gasteiger partial charge in [0, 0.05) is 18.9 Å². The molecule has 0 radical (unpaired) electrons. The van der Waals surface area contributed by atoms with E-state index in [1.54, 1.807) is 17.2 Å². The predicted octanol–water partition coefficient (Wildman–Crippen LogP) is 0.309. The summed E-state index contributed by atoms with van der Waals surface area (Å²) >= 11 is 0. The summed E-state index contributed by atoms with van der Waals surface area (Å²) in [6.45, 7) is 1.97. The number of rotatable bonds is 1. The molecule has 2 aromatic heterocycles. The maximum atomic E-state index is 4.11. The van der Waals surface area contributed by atoms with Crippen molar-refractivity contribution in [1.82, 2.24) is 24.5 Å². The van der Waals surface area contributed by atoms with E-state index < -0.39 is 0 Å². The second kappa shape index (κ2) is 2.44. The number of aromatic nitrogens is 5. The van der Waals surface area contributed by atoms with Gasteiger partial charge in [-0.1, -0.05) is 0 Å². The van der Waals surface area contributed by atoms with Crippen LogP contribution in [0.3, 0.4) is 0 Å². The van der Waals surface area contributed by atoms with Gasteiger partial charge in [0.1, 0.15) is 6.33 Å². The van der Waals surface area contributed by atoms with Gasteiger partial charge in [-0.25, -0.2) is 4.68 Å². The zero-order valence-electron chi connectivity index (χ0n) is 6.97. The van der Waals surface area contributed by atoms with Crippen molar-refractivity contribution in [3.63, 3.8) is 0 Å². The first-order chi connectivity index (χ1) is 5.79. The number of nitrogens with zero attached hydrogens (tertiary/aromatic N) is 5. The van der Waals surface area contributed by atoms with Gasteiger partial charge in [-0.2, -0.15) is 5.10 Å². The van der Waals surface area contributed by atoms with Gasteiger partial charge in [0.05, 0.1) is 0 Å². The first kappa shape index (κ1) is 7.02. The third kappa shape index (κ3) is 0.903. The van der Waals surface area contributed by atoms with E-state index in [0.717, 1.165) is 11.6 Å². The Morgan fingerprint density at radius 1 is 1.42 bits per heavy atom. The van der Waals surface area contributed by atoms with E-state index in [0.29, 0.717) is 0 Å². The summed E-state index contributed by atoms with van der Waals surface area (Å²) in [6.07, 6.45) is 3.39. The first-order valence-corrected chi connectivity index (χ1v) is 3.64. The largest absolute Gasteiger partial charge is 0.301 e. The molecule has 0 aliphatic rings. The Labute approximate surface area is 69.7 Å². The molecule has 0 N–H and O–H groups in total. The van der Waals surface area contributed by atoms with Crippen LogP contribution >= 0.6 is 0 Å². The van der Waals surface area contributed by atoms with Crippen molar-refractivity contribution in [3.05, 3.63) is 24.3 Å². The lowest BCUT2D eigenvalue weighted by molar-refractivity contribution is 0.731. The molecule has 0 amide bonds. The molecule has 12 heavy (non-hydrogen) atoms. The second-order valence-corrected chi connectivity index (χ2v) is 2.63. The van der Waals surface area contributed by atoms with Crippen molar-refractivity contribution in [2.45, 2.75) is 6.92 Å². The average Bonchev–Trinajstić information content (AvgIpc) is 2.59. The van der Waals surface area contributed by atoms with E-state index in [9.17, 15) is 0 Å². The summed E-state index contributed by atoms with van der Waals surface area (Å²) in [6, 6.07) is 1.93. The van der Waals surface area contributed by atoms with Crippen LogP contribution in [0.25, 0.3) is 5.95 Å². The lowest BCUT2D eigenvalue weighted by Gasteiger charge is -2.00. The molecule has 0 aliphatic carbocycles. The van der Waals surface area contributed by atoms with Crippen molar-refractivity contribution in [2.24, 2.45) is 7.05 Å². The van der Waals surface area contributed by atoms with Crippen LogP contribution in [-0.4, -0.2) is 24.5 Å². The van der Waals surface area contributed by atoms with Gasteiger partial charge in [0.25, 0.3) is 5.95 Å². The molecule has 0 fully saturated rings. The summed E-state index contributed by atoms with van der Waals surface area (Å²) < 4.78 is 3.56. The topological polar surface area (TPSA) is 48.5 Å². The number of aryl methyl sites for hydroxylation is 2. The molecular formula is C7H9N5. The Kier molecular flexibility index (Phi) is 1.43. The Morgan fingerprint density at radius 2 is 2.25 bits per heavy atom. The van der Waals surface area contributed by atoms with Crippen molar-refractivity contribution in [3.8, 4) is 5.95 Å². The molecule has 2 aromatic rings. The minimum Gasteiger partial charge on any atom is -0.301 e. The Bertz CT molecular complexity index is 348. The zero-order valence-corrected chi connectivity index (χ0v) is 6.97. The fourth-order valence-electron chi connectivity index (χ4n) is 1.05. The van der Waals surface area contributed by atoms with Crippen LogP contribution in [0.2, 0.25) is 0 Å². The molecule has 0 saturated carbocycles. The fraction of sp³-hybridized carbons (Fsp3) is 0.286. The normalized spacial score (nSPS) is 10.5. The van der Waals surface area contributed by atoms with Crippen molar-refractivity contribution in [2.75, 3.05) is 0 Å². The van der Waals surface area contributed by atoms with E-state index in [4.69, 9.17) is 0 Å². The van der Waals surface area contributed by atoms with Crippen LogP contribution in [0.4, 0.5) is 0 Å². The molecule has 2 heterocycles. The molecular weight excluding hydrogens is 154 g/mol. The van der Waals surface area contributed by atoms with E-state index in [2.05, 4.69) is 15.3 Å². The lowest BCUT2D eigenvalue weighted by atomic mass is 10.5. The van der Waals surface area contributed by atoms with Crippen LogP contribution in [0.1, 0.15) is 5.69 Å². The number of hydrogen-bond donors (Lipinski definition) is 0. The van der Waals surface area contributed by atoms with Gasteiger partial charge < -0.3 is 4.57 Å². The molecule has 0 unspecified atom stereocenters. The van der Waals surface area contributed by atoms with Gasteiger partial charge in [-0.3, -0.25) is 0 Å². The van der Waals surface area contributed by atoms with Gasteiger partial charge in [0.2, 0.25) is 0 Å². The third-order valence-electron chi connectivity index (χ3n) is 1.71. The van der Waals surface area contributed by atoms with Gasteiger partial charge in [0.15, 0.2) is 0 Å². The lowest BCUT2D eigenvalue weighted by Crippen LogP contribution is -2.05. The summed E-state index contributed by atoms with van der Waals surface area (Å²) in [4.78, 5) is 0. The van der Waals surface area contributed by atoms with E-state index in [1.165, 1.54) is 0 Å².